The van der Waals surface area contributed by atoms with Gasteiger partial charge in [0.1, 0.15) is 0 Å². The lowest BCUT2D eigenvalue weighted by molar-refractivity contribution is 0.0481. The van der Waals surface area contributed by atoms with Crippen molar-refractivity contribution >= 4 is 0 Å². The SMILES string of the molecule is CCCCC(C)C(CCc1ccc(O)c(O)c1)OC. The van der Waals surface area contributed by atoms with Gasteiger partial charge in [0, 0.05) is 7.11 Å². The molecular weight excluding hydrogens is 240 g/mol. The van der Waals surface area contributed by atoms with E-state index in [0.717, 1.165) is 18.4 Å². The first-order valence-electron chi connectivity index (χ1n) is 7.12. The van der Waals surface area contributed by atoms with Crippen molar-refractivity contribution in [3.8, 4) is 11.5 Å². The highest BCUT2D eigenvalue weighted by Gasteiger charge is 2.16. The third-order valence-corrected chi connectivity index (χ3v) is 3.71. The molecule has 0 saturated heterocycles. The number of unbranched alkanes of at least 4 members (excludes halogenated alkanes) is 1. The van der Waals surface area contributed by atoms with Gasteiger partial charge < -0.3 is 14.9 Å². The molecule has 2 unspecified atom stereocenters. The van der Waals surface area contributed by atoms with E-state index in [0.29, 0.717) is 5.92 Å². The topological polar surface area (TPSA) is 49.7 Å². The van der Waals surface area contributed by atoms with Gasteiger partial charge in [0.25, 0.3) is 0 Å². The first kappa shape index (κ1) is 15.8. The zero-order valence-electron chi connectivity index (χ0n) is 12.2. The summed E-state index contributed by atoms with van der Waals surface area (Å²) < 4.78 is 5.57. The highest BCUT2D eigenvalue weighted by molar-refractivity contribution is 5.40. The molecule has 0 amide bonds. The summed E-state index contributed by atoms with van der Waals surface area (Å²) in [6.07, 6.45) is 5.68. The van der Waals surface area contributed by atoms with E-state index >= 15 is 0 Å². The molecule has 1 aromatic rings. The number of hydrogen-bond acceptors (Lipinski definition) is 3. The smallest absolute Gasteiger partial charge is 0.157 e. The van der Waals surface area contributed by atoms with Gasteiger partial charge in [0.05, 0.1) is 6.10 Å². The molecule has 0 aliphatic heterocycles. The van der Waals surface area contributed by atoms with Crippen LogP contribution < -0.4 is 0 Å². The molecule has 0 aliphatic carbocycles. The van der Waals surface area contributed by atoms with Gasteiger partial charge in [-0.3, -0.25) is 0 Å². The molecule has 3 heteroatoms. The number of phenolic OH excluding ortho intramolecular Hbond substituents is 2. The minimum Gasteiger partial charge on any atom is -0.504 e. The predicted octanol–water partition coefficient (Wildman–Crippen LogP) is 3.87. The van der Waals surface area contributed by atoms with E-state index in [9.17, 15) is 10.2 Å². The quantitative estimate of drug-likeness (QED) is 0.702. The Labute approximate surface area is 116 Å². The minimum absolute atomic E-state index is 0.0505. The third kappa shape index (κ3) is 5.11. The molecular formula is C16H26O3. The molecule has 2 N–H and O–H groups in total. The van der Waals surface area contributed by atoms with Crippen molar-refractivity contribution < 1.29 is 14.9 Å². The van der Waals surface area contributed by atoms with Crippen LogP contribution in [0.1, 0.15) is 45.1 Å². The van der Waals surface area contributed by atoms with E-state index < -0.39 is 0 Å². The maximum absolute atomic E-state index is 9.47. The van der Waals surface area contributed by atoms with Crippen molar-refractivity contribution in [2.24, 2.45) is 5.92 Å². The second-order valence-electron chi connectivity index (χ2n) is 5.26. The maximum Gasteiger partial charge on any atom is 0.157 e. The van der Waals surface area contributed by atoms with E-state index in [1.165, 1.54) is 25.3 Å². The van der Waals surface area contributed by atoms with Gasteiger partial charge in [-0.1, -0.05) is 32.8 Å². The van der Waals surface area contributed by atoms with Crippen LogP contribution in [0.25, 0.3) is 0 Å². The molecule has 0 fully saturated rings. The fourth-order valence-corrected chi connectivity index (χ4v) is 2.38. The average molecular weight is 266 g/mol. The summed E-state index contributed by atoms with van der Waals surface area (Å²) in [5, 5.41) is 18.7. The molecule has 0 heterocycles. The zero-order valence-corrected chi connectivity index (χ0v) is 12.2. The Morgan fingerprint density at radius 1 is 1.16 bits per heavy atom. The minimum atomic E-state index is -0.0663. The van der Waals surface area contributed by atoms with Crippen molar-refractivity contribution in [2.75, 3.05) is 7.11 Å². The lowest BCUT2D eigenvalue weighted by atomic mass is 9.93. The lowest BCUT2D eigenvalue weighted by Crippen LogP contribution is -2.21. The van der Waals surface area contributed by atoms with E-state index in [1.54, 1.807) is 13.2 Å². The van der Waals surface area contributed by atoms with Gasteiger partial charge in [-0.05, 0) is 42.9 Å². The maximum atomic E-state index is 9.47. The van der Waals surface area contributed by atoms with E-state index in [1.807, 2.05) is 6.07 Å². The lowest BCUT2D eigenvalue weighted by Gasteiger charge is -2.22. The Morgan fingerprint density at radius 2 is 1.89 bits per heavy atom. The number of hydrogen-bond donors (Lipinski definition) is 2. The van der Waals surface area contributed by atoms with E-state index in [2.05, 4.69) is 13.8 Å². The van der Waals surface area contributed by atoms with Gasteiger partial charge >= 0.3 is 0 Å². The van der Waals surface area contributed by atoms with E-state index in [-0.39, 0.29) is 17.6 Å². The van der Waals surface area contributed by atoms with Gasteiger partial charge in [-0.2, -0.15) is 0 Å². The standard InChI is InChI=1S/C16H26O3/c1-4-5-6-12(2)16(19-3)10-8-13-7-9-14(17)15(18)11-13/h7,9,11-12,16-18H,4-6,8,10H2,1-3H3. The molecule has 0 aromatic heterocycles. The number of aryl methyl sites for hydroxylation is 1. The number of phenols is 2. The molecule has 0 radical (unpaired) electrons. The summed E-state index contributed by atoms with van der Waals surface area (Å²) in [6.45, 7) is 4.44. The van der Waals surface area contributed by atoms with Crippen LogP contribution in [0.5, 0.6) is 11.5 Å². The average Bonchev–Trinajstić information content (AvgIpc) is 2.41. The number of rotatable bonds is 8. The number of aromatic hydroxyl groups is 2. The molecule has 2 atom stereocenters. The molecule has 19 heavy (non-hydrogen) atoms. The normalized spacial score (nSPS) is 14.3. The summed E-state index contributed by atoms with van der Waals surface area (Å²) in [6, 6.07) is 5.00. The van der Waals surface area contributed by atoms with Gasteiger partial charge in [-0.25, -0.2) is 0 Å². The second-order valence-corrected chi connectivity index (χ2v) is 5.26. The molecule has 108 valence electrons. The fraction of sp³-hybridized carbons (Fsp3) is 0.625. The Morgan fingerprint density at radius 3 is 2.47 bits per heavy atom. The fourth-order valence-electron chi connectivity index (χ4n) is 2.38. The first-order valence-corrected chi connectivity index (χ1v) is 7.12. The molecule has 0 bridgehead atoms. The summed E-state index contributed by atoms with van der Waals surface area (Å²) >= 11 is 0. The van der Waals surface area contributed by atoms with Crippen LogP contribution in [-0.4, -0.2) is 23.4 Å². The van der Waals surface area contributed by atoms with Crippen molar-refractivity contribution in [1.82, 2.24) is 0 Å². The van der Waals surface area contributed by atoms with E-state index in [4.69, 9.17) is 4.74 Å². The van der Waals surface area contributed by atoms with Crippen LogP contribution >= 0.6 is 0 Å². The zero-order chi connectivity index (χ0) is 14.3. The van der Waals surface area contributed by atoms with Crippen LogP contribution in [0.15, 0.2) is 18.2 Å². The predicted molar refractivity (Wildman–Crippen MR) is 77.6 cm³/mol. The molecule has 0 saturated carbocycles. The van der Waals surface area contributed by atoms with Crippen LogP contribution in [0, 0.1) is 5.92 Å². The van der Waals surface area contributed by atoms with Crippen molar-refractivity contribution in [1.29, 1.82) is 0 Å². The molecule has 3 nitrogen and oxygen atoms in total. The second kappa shape index (κ2) is 8.05. The summed E-state index contributed by atoms with van der Waals surface area (Å²) in [4.78, 5) is 0. The largest absolute Gasteiger partial charge is 0.504 e. The van der Waals surface area contributed by atoms with Crippen LogP contribution in [0.4, 0.5) is 0 Å². The van der Waals surface area contributed by atoms with Crippen molar-refractivity contribution in [2.45, 2.75) is 52.1 Å². The Bertz CT molecular complexity index is 376. The van der Waals surface area contributed by atoms with Crippen molar-refractivity contribution in [3.63, 3.8) is 0 Å². The monoisotopic (exact) mass is 266 g/mol. The molecule has 0 aliphatic rings. The van der Waals surface area contributed by atoms with Gasteiger partial charge in [0.15, 0.2) is 11.5 Å². The first-order chi connectivity index (χ1) is 9.08. The molecule has 1 rings (SSSR count). The highest BCUT2D eigenvalue weighted by Crippen LogP contribution is 2.26. The van der Waals surface area contributed by atoms with Crippen molar-refractivity contribution in [3.05, 3.63) is 23.8 Å². The highest BCUT2D eigenvalue weighted by atomic mass is 16.5. The van der Waals surface area contributed by atoms with Crippen LogP contribution in [0.3, 0.4) is 0 Å². The van der Waals surface area contributed by atoms with Crippen LogP contribution in [0.2, 0.25) is 0 Å². The molecule has 0 spiro atoms. The number of benzene rings is 1. The summed E-state index contributed by atoms with van der Waals surface area (Å²) in [5.74, 6) is 0.435. The number of ether oxygens (including phenoxy) is 1. The Balaban J connectivity index is 2.50. The van der Waals surface area contributed by atoms with Gasteiger partial charge in [0.2, 0.25) is 0 Å². The third-order valence-electron chi connectivity index (χ3n) is 3.71. The van der Waals surface area contributed by atoms with Crippen LogP contribution in [-0.2, 0) is 11.2 Å². The molecule has 1 aromatic carbocycles. The Kier molecular flexibility index (Phi) is 6.71. The Hall–Kier alpha value is -1.22. The summed E-state index contributed by atoms with van der Waals surface area (Å²) in [5.41, 5.74) is 1.03. The number of methoxy groups -OCH3 is 1. The summed E-state index contributed by atoms with van der Waals surface area (Å²) in [7, 11) is 1.77. The van der Waals surface area contributed by atoms with Gasteiger partial charge in [-0.15, -0.1) is 0 Å².